The number of carbonyl (C=O) groups excluding carboxylic acids is 1. The van der Waals surface area contributed by atoms with Gasteiger partial charge in [0.15, 0.2) is 0 Å². The molecule has 0 radical (unpaired) electrons. The summed E-state index contributed by atoms with van der Waals surface area (Å²) in [4.78, 5) is 10.6. The molecule has 0 saturated heterocycles. The lowest BCUT2D eigenvalue weighted by Crippen LogP contribution is -2.18. The molecule has 0 spiro atoms. The number of nitrogens with two attached hydrogens (primary N) is 1. The zero-order valence-corrected chi connectivity index (χ0v) is 15.1. The highest BCUT2D eigenvalue weighted by atomic mass is 16.5. The van der Waals surface area contributed by atoms with Gasteiger partial charge in [0, 0.05) is 17.2 Å². The van der Waals surface area contributed by atoms with Gasteiger partial charge in [0.25, 0.3) is 0 Å². The molecule has 25 heavy (non-hydrogen) atoms. The molecule has 0 bridgehead atoms. The molecule has 1 aromatic carbocycles. The fraction of sp³-hybridized carbons (Fsp3) is 0.316. The maximum Gasteiger partial charge on any atom is 0.145 e. The minimum atomic E-state index is -0.346. The van der Waals surface area contributed by atoms with Crippen molar-refractivity contribution in [1.29, 1.82) is 0 Å². The number of hydrogen-bond acceptors (Lipinski definition) is 5. The van der Waals surface area contributed by atoms with Crippen LogP contribution >= 0.6 is 0 Å². The first-order valence-electron chi connectivity index (χ1n) is 8.06. The molecule has 0 unspecified atom stereocenters. The number of aldehydes is 1. The van der Waals surface area contributed by atoms with E-state index in [9.17, 15) is 4.79 Å². The molecular weight excluding hydrogens is 316 g/mol. The summed E-state index contributed by atoms with van der Waals surface area (Å²) in [5.74, 6) is 1.35. The number of aromatic nitrogens is 3. The van der Waals surface area contributed by atoms with Gasteiger partial charge in [0.05, 0.1) is 12.2 Å². The Kier molecular flexibility index (Phi) is 5.75. The highest BCUT2D eigenvalue weighted by Crippen LogP contribution is 2.19. The van der Waals surface area contributed by atoms with Crippen molar-refractivity contribution in [2.24, 2.45) is 0 Å². The van der Waals surface area contributed by atoms with Crippen LogP contribution in [-0.2, 0) is 16.8 Å². The van der Waals surface area contributed by atoms with Crippen molar-refractivity contribution in [1.82, 2.24) is 14.9 Å². The Morgan fingerprint density at radius 1 is 1.20 bits per heavy atom. The lowest BCUT2D eigenvalue weighted by atomic mass is 9.87. The summed E-state index contributed by atoms with van der Waals surface area (Å²) >= 11 is 0. The first-order valence-corrected chi connectivity index (χ1v) is 8.06. The van der Waals surface area contributed by atoms with Crippen LogP contribution in [0.15, 0.2) is 47.1 Å². The molecule has 6 nitrogen and oxygen atoms in total. The summed E-state index contributed by atoms with van der Waals surface area (Å²) < 4.78 is 6.82. The van der Waals surface area contributed by atoms with E-state index in [1.807, 2.05) is 64.2 Å². The Morgan fingerprint density at radius 2 is 1.88 bits per heavy atom. The third-order valence-corrected chi connectivity index (χ3v) is 3.98. The number of nitrogen functional groups attached to an aromatic ring is 1. The van der Waals surface area contributed by atoms with Crippen molar-refractivity contribution in [3.05, 3.63) is 65.2 Å². The third-order valence-electron chi connectivity index (χ3n) is 3.98. The fourth-order valence-electron chi connectivity index (χ4n) is 2.29. The van der Waals surface area contributed by atoms with Crippen LogP contribution in [0.1, 0.15) is 36.4 Å². The van der Waals surface area contributed by atoms with Crippen molar-refractivity contribution in [3.8, 4) is 0 Å². The molecule has 0 saturated carbocycles. The summed E-state index contributed by atoms with van der Waals surface area (Å²) in [6.07, 6.45) is 2.81. The van der Waals surface area contributed by atoms with Gasteiger partial charge >= 0.3 is 0 Å². The molecule has 0 aliphatic rings. The van der Waals surface area contributed by atoms with Gasteiger partial charge in [-0.25, -0.2) is 0 Å². The van der Waals surface area contributed by atoms with Gasteiger partial charge in [-0.3, -0.25) is 4.68 Å². The standard InChI is InChI=1S/C10H12O.C9H12N4O/c1-10(2,8-11)9-6-4-3-5-7-9;1-6-8(7(2)14-12-6)5-13-4-3-9(10)11-13/h3-8H,1-2H3;3-4H,5H2,1-2H3,(H2,10,11). The molecule has 132 valence electrons. The lowest BCUT2D eigenvalue weighted by molar-refractivity contribution is -0.111. The van der Waals surface area contributed by atoms with Crippen LogP contribution in [0.4, 0.5) is 5.82 Å². The summed E-state index contributed by atoms with van der Waals surface area (Å²) in [6.45, 7) is 8.28. The van der Waals surface area contributed by atoms with Crippen LogP contribution in [-0.4, -0.2) is 21.2 Å². The fourth-order valence-corrected chi connectivity index (χ4v) is 2.29. The van der Waals surface area contributed by atoms with E-state index in [0.717, 1.165) is 28.9 Å². The monoisotopic (exact) mass is 340 g/mol. The maximum atomic E-state index is 10.6. The zero-order valence-electron chi connectivity index (χ0n) is 15.1. The van der Waals surface area contributed by atoms with Crippen LogP contribution < -0.4 is 5.73 Å². The van der Waals surface area contributed by atoms with Crippen LogP contribution in [0.2, 0.25) is 0 Å². The minimum Gasteiger partial charge on any atom is -0.382 e. The number of nitrogens with zero attached hydrogens (tertiary/aromatic N) is 3. The highest BCUT2D eigenvalue weighted by molar-refractivity contribution is 5.66. The van der Waals surface area contributed by atoms with E-state index in [0.29, 0.717) is 12.4 Å². The van der Waals surface area contributed by atoms with E-state index in [-0.39, 0.29) is 5.41 Å². The Morgan fingerprint density at radius 3 is 2.36 bits per heavy atom. The minimum absolute atomic E-state index is 0.346. The number of rotatable bonds is 4. The summed E-state index contributed by atoms with van der Waals surface area (Å²) in [5, 5.41) is 7.96. The molecule has 0 fully saturated rings. The van der Waals surface area contributed by atoms with Crippen LogP contribution in [0.3, 0.4) is 0 Å². The van der Waals surface area contributed by atoms with Crippen LogP contribution in [0.5, 0.6) is 0 Å². The lowest BCUT2D eigenvalue weighted by Gasteiger charge is -2.16. The van der Waals surface area contributed by atoms with E-state index in [4.69, 9.17) is 10.3 Å². The molecule has 2 aromatic heterocycles. The Hall–Kier alpha value is -2.89. The number of aryl methyl sites for hydroxylation is 2. The number of anilines is 1. The van der Waals surface area contributed by atoms with Crippen molar-refractivity contribution in [2.75, 3.05) is 5.73 Å². The first-order chi connectivity index (χ1) is 11.8. The van der Waals surface area contributed by atoms with E-state index in [1.54, 1.807) is 10.7 Å². The molecule has 2 N–H and O–H groups in total. The van der Waals surface area contributed by atoms with Gasteiger partial charge in [-0.05, 0) is 39.3 Å². The van der Waals surface area contributed by atoms with Gasteiger partial charge in [-0.15, -0.1) is 0 Å². The van der Waals surface area contributed by atoms with E-state index >= 15 is 0 Å². The highest BCUT2D eigenvalue weighted by Gasteiger charge is 2.18. The van der Waals surface area contributed by atoms with Crippen LogP contribution in [0.25, 0.3) is 0 Å². The molecule has 0 aliphatic heterocycles. The maximum absolute atomic E-state index is 10.6. The molecule has 2 heterocycles. The molecule has 0 amide bonds. The third kappa shape index (κ3) is 4.79. The van der Waals surface area contributed by atoms with Crippen molar-refractivity contribution in [3.63, 3.8) is 0 Å². The second-order valence-corrected chi connectivity index (χ2v) is 6.45. The predicted molar refractivity (Wildman–Crippen MR) is 97.3 cm³/mol. The average Bonchev–Trinajstić information content (AvgIpc) is 3.16. The summed E-state index contributed by atoms with van der Waals surface area (Å²) in [7, 11) is 0. The van der Waals surface area contributed by atoms with Crippen molar-refractivity contribution < 1.29 is 9.32 Å². The number of carbonyl (C=O) groups is 1. The predicted octanol–water partition coefficient (Wildman–Crippen LogP) is 3.28. The van der Waals surface area contributed by atoms with Gasteiger partial charge in [-0.2, -0.15) is 5.10 Å². The smallest absolute Gasteiger partial charge is 0.145 e. The average molecular weight is 340 g/mol. The quantitative estimate of drug-likeness (QED) is 0.737. The molecule has 6 heteroatoms. The van der Waals surface area contributed by atoms with E-state index < -0.39 is 0 Å². The Balaban J connectivity index is 0.000000186. The van der Waals surface area contributed by atoms with E-state index in [1.165, 1.54) is 0 Å². The largest absolute Gasteiger partial charge is 0.382 e. The van der Waals surface area contributed by atoms with E-state index in [2.05, 4.69) is 10.3 Å². The summed E-state index contributed by atoms with van der Waals surface area (Å²) in [6, 6.07) is 11.5. The molecule has 3 aromatic rings. The summed E-state index contributed by atoms with van der Waals surface area (Å²) in [5.41, 5.74) is 8.19. The van der Waals surface area contributed by atoms with Gasteiger partial charge < -0.3 is 15.1 Å². The Labute approximate surface area is 147 Å². The SMILES string of the molecule is CC(C)(C=O)c1ccccc1.Cc1noc(C)c1Cn1ccc(N)n1. The normalized spacial score (nSPS) is 10.9. The molecule has 3 rings (SSSR count). The van der Waals surface area contributed by atoms with Crippen molar-refractivity contribution in [2.45, 2.75) is 39.7 Å². The van der Waals surface area contributed by atoms with Gasteiger partial charge in [0.1, 0.15) is 17.9 Å². The second kappa shape index (κ2) is 7.79. The van der Waals surface area contributed by atoms with Gasteiger partial charge in [-0.1, -0.05) is 35.5 Å². The number of benzene rings is 1. The first kappa shape index (κ1) is 18.4. The molecule has 0 aliphatic carbocycles. The van der Waals surface area contributed by atoms with Gasteiger partial charge in [0.2, 0.25) is 0 Å². The number of hydrogen-bond donors (Lipinski definition) is 1. The molecular formula is C19H24N4O2. The zero-order chi connectivity index (χ0) is 18.4. The topological polar surface area (TPSA) is 86.9 Å². The Bertz CT molecular complexity index is 800. The second-order valence-electron chi connectivity index (χ2n) is 6.45. The van der Waals surface area contributed by atoms with Crippen LogP contribution in [0, 0.1) is 13.8 Å². The van der Waals surface area contributed by atoms with Crippen molar-refractivity contribution >= 4 is 12.1 Å². The molecule has 0 atom stereocenters.